The number of benzene rings is 2. The summed E-state index contributed by atoms with van der Waals surface area (Å²) in [4.78, 5) is 22.9. The summed E-state index contributed by atoms with van der Waals surface area (Å²) < 4.78 is 5.17. The summed E-state index contributed by atoms with van der Waals surface area (Å²) in [7, 11) is 0. The van der Waals surface area contributed by atoms with Crippen LogP contribution in [-0.4, -0.2) is 18.3 Å². The predicted molar refractivity (Wildman–Crippen MR) is 91.0 cm³/mol. The first kappa shape index (κ1) is 17.1. The van der Waals surface area contributed by atoms with Crippen molar-refractivity contribution in [2.24, 2.45) is 5.73 Å². The molecule has 4 nitrogen and oxygen atoms in total. The Morgan fingerprint density at radius 2 is 1.91 bits per heavy atom. The van der Waals surface area contributed by atoms with Crippen LogP contribution in [0.15, 0.2) is 48.5 Å². The smallest absolute Gasteiger partial charge is 0.255 e. The highest BCUT2D eigenvalue weighted by molar-refractivity contribution is 6.35. The second kappa shape index (κ2) is 7.81. The van der Waals surface area contributed by atoms with E-state index in [0.717, 1.165) is 0 Å². The quantitative estimate of drug-likeness (QED) is 0.637. The summed E-state index contributed by atoms with van der Waals surface area (Å²) >= 11 is 11.9. The van der Waals surface area contributed by atoms with Crippen LogP contribution in [0.2, 0.25) is 10.0 Å². The average molecular weight is 350 g/mol. The molecule has 0 saturated carbocycles. The Labute approximate surface area is 143 Å². The van der Waals surface area contributed by atoms with E-state index < -0.39 is 5.91 Å². The summed E-state index contributed by atoms with van der Waals surface area (Å²) in [6.07, 6.45) is 3.01. The topological polar surface area (TPSA) is 69.4 Å². The van der Waals surface area contributed by atoms with E-state index in [-0.39, 0.29) is 12.4 Å². The zero-order chi connectivity index (χ0) is 16.8. The van der Waals surface area contributed by atoms with E-state index >= 15 is 0 Å². The minimum atomic E-state index is -0.584. The molecule has 2 rings (SSSR count). The lowest BCUT2D eigenvalue weighted by Gasteiger charge is -2.04. The molecule has 2 N–H and O–H groups in total. The van der Waals surface area contributed by atoms with Gasteiger partial charge < -0.3 is 10.5 Å². The zero-order valence-electron chi connectivity index (χ0n) is 12.0. The minimum Gasteiger partial charge on any atom is -0.484 e. The second-order valence-electron chi connectivity index (χ2n) is 4.65. The molecule has 0 unspecified atom stereocenters. The molecule has 1 amide bonds. The van der Waals surface area contributed by atoms with Crippen molar-refractivity contribution >= 4 is 41.0 Å². The maximum Gasteiger partial charge on any atom is 0.255 e. The van der Waals surface area contributed by atoms with Crippen LogP contribution >= 0.6 is 23.2 Å². The molecule has 0 aliphatic rings. The van der Waals surface area contributed by atoms with Crippen LogP contribution in [0.25, 0.3) is 6.08 Å². The summed E-state index contributed by atoms with van der Waals surface area (Å²) in [5.74, 6) is -0.410. The number of ether oxygens (including phenoxy) is 1. The first-order chi connectivity index (χ1) is 11.0. The van der Waals surface area contributed by atoms with Gasteiger partial charge >= 0.3 is 0 Å². The molecule has 0 radical (unpaired) electrons. The van der Waals surface area contributed by atoms with Crippen molar-refractivity contribution in [3.05, 3.63) is 69.7 Å². The minimum absolute atomic E-state index is 0.222. The fourth-order valence-corrected chi connectivity index (χ4v) is 2.26. The monoisotopic (exact) mass is 349 g/mol. The van der Waals surface area contributed by atoms with Crippen LogP contribution in [0.5, 0.6) is 5.75 Å². The number of carbonyl (C=O) groups is 2. The third-order valence-corrected chi connectivity index (χ3v) is 3.44. The van der Waals surface area contributed by atoms with Crippen LogP contribution in [0, 0.1) is 0 Å². The van der Waals surface area contributed by atoms with Crippen molar-refractivity contribution in [1.82, 2.24) is 0 Å². The number of halogens is 2. The van der Waals surface area contributed by atoms with E-state index in [2.05, 4.69) is 0 Å². The molecule has 23 heavy (non-hydrogen) atoms. The van der Waals surface area contributed by atoms with E-state index in [1.807, 2.05) is 0 Å². The van der Waals surface area contributed by atoms with Crippen LogP contribution in [-0.2, 0) is 4.79 Å². The van der Waals surface area contributed by atoms with Gasteiger partial charge in [0.2, 0.25) is 0 Å². The Hall–Kier alpha value is -2.30. The van der Waals surface area contributed by atoms with Crippen molar-refractivity contribution in [2.45, 2.75) is 0 Å². The molecule has 0 heterocycles. The molecule has 0 atom stereocenters. The van der Waals surface area contributed by atoms with Crippen molar-refractivity contribution in [3.63, 3.8) is 0 Å². The zero-order valence-corrected chi connectivity index (χ0v) is 13.5. The van der Waals surface area contributed by atoms with Gasteiger partial charge in [0, 0.05) is 15.6 Å². The molecule has 2 aromatic carbocycles. The molecule has 0 saturated heterocycles. The second-order valence-corrected chi connectivity index (χ2v) is 5.49. The lowest BCUT2D eigenvalue weighted by atomic mass is 10.1. The highest BCUT2D eigenvalue weighted by Crippen LogP contribution is 2.22. The van der Waals surface area contributed by atoms with Crippen molar-refractivity contribution in [1.29, 1.82) is 0 Å². The van der Waals surface area contributed by atoms with E-state index in [9.17, 15) is 9.59 Å². The van der Waals surface area contributed by atoms with Gasteiger partial charge in [0.15, 0.2) is 12.4 Å². The molecule has 0 aromatic heterocycles. The molecule has 118 valence electrons. The number of amides is 1. The predicted octanol–water partition coefficient (Wildman–Crippen LogP) is 3.75. The third-order valence-electron chi connectivity index (χ3n) is 2.88. The number of primary amides is 1. The Balaban J connectivity index is 2.12. The van der Waals surface area contributed by atoms with Gasteiger partial charge in [0.25, 0.3) is 5.91 Å². The van der Waals surface area contributed by atoms with Crippen LogP contribution in [0.4, 0.5) is 0 Å². The van der Waals surface area contributed by atoms with Gasteiger partial charge in [0.05, 0.1) is 0 Å². The van der Waals surface area contributed by atoms with E-state index in [1.165, 1.54) is 6.08 Å². The molecule has 0 aliphatic heterocycles. The Morgan fingerprint density at radius 1 is 1.13 bits per heavy atom. The highest BCUT2D eigenvalue weighted by Gasteiger charge is 2.05. The lowest BCUT2D eigenvalue weighted by molar-refractivity contribution is -0.119. The number of rotatable bonds is 6. The summed E-state index contributed by atoms with van der Waals surface area (Å²) in [6, 6.07) is 11.5. The van der Waals surface area contributed by atoms with Crippen LogP contribution in [0.1, 0.15) is 15.9 Å². The van der Waals surface area contributed by atoms with E-state index in [4.69, 9.17) is 33.7 Å². The Kier molecular flexibility index (Phi) is 5.79. The maximum atomic E-state index is 12.2. The maximum absolute atomic E-state index is 12.2. The first-order valence-electron chi connectivity index (χ1n) is 6.64. The summed E-state index contributed by atoms with van der Waals surface area (Å²) in [6.45, 7) is -0.242. The molecule has 0 spiro atoms. The van der Waals surface area contributed by atoms with E-state index in [0.29, 0.717) is 26.9 Å². The highest BCUT2D eigenvalue weighted by atomic mass is 35.5. The van der Waals surface area contributed by atoms with Gasteiger partial charge in [-0.2, -0.15) is 0 Å². The number of allylic oxidation sites excluding steroid dienone is 1. The SMILES string of the molecule is NC(=O)COc1cccc(C(=O)/C=C/c2ccc(Cl)cc2Cl)c1. The number of hydrogen-bond acceptors (Lipinski definition) is 3. The van der Waals surface area contributed by atoms with Gasteiger partial charge in [-0.3, -0.25) is 9.59 Å². The van der Waals surface area contributed by atoms with Gasteiger partial charge in [-0.15, -0.1) is 0 Å². The fraction of sp³-hybridized carbons (Fsp3) is 0.0588. The van der Waals surface area contributed by atoms with Crippen LogP contribution in [0.3, 0.4) is 0 Å². The van der Waals surface area contributed by atoms with Crippen molar-refractivity contribution in [3.8, 4) is 5.75 Å². The number of ketones is 1. The van der Waals surface area contributed by atoms with Gasteiger partial charge in [-0.1, -0.05) is 41.4 Å². The Morgan fingerprint density at radius 3 is 2.61 bits per heavy atom. The molecule has 0 aliphatic carbocycles. The van der Waals surface area contributed by atoms with Crippen LogP contribution < -0.4 is 10.5 Å². The molecule has 6 heteroatoms. The molecular formula is C17H13Cl2NO3. The van der Waals surface area contributed by atoms with Crippen molar-refractivity contribution < 1.29 is 14.3 Å². The molecule has 2 aromatic rings. The normalized spacial score (nSPS) is 10.7. The average Bonchev–Trinajstić information content (AvgIpc) is 2.52. The molecular weight excluding hydrogens is 337 g/mol. The number of hydrogen-bond donors (Lipinski definition) is 1. The fourth-order valence-electron chi connectivity index (χ4n) is 1.79. The van der Waals surface area contributed by atoms with Gasteiger partial charge in [0.1, 0.15) is 5.75 Å². The third kappa shape index (κ3) is 5.13. The standard InChI is InChI=1S/C17H13Cl2NO3/c18-13-6-4-11(15(19)9-13)5-7-16(21)12-2-1-3-14(8-12)23-10-17(20)22/h1-9H,10H2,(H2,20,22)/b7-5+. The van der Waals surface area contributed by atoms with Gasteiger partial charge in [-0.05, 0) is 42.0 Å². The number of carbonyl (C=O) groups excluding carboxylic acids is 2. The molecule has 0 bridgehead atoms. The first-order valence-corrected chi connectivity index (χ1v) is 7.40. The van der Waals surface area contributed by atoms with Gasteiger partial charge in [-0.25, -0.2) is 0 Å². The lowest BCUT2D eigenvalue weighted by Crippen LogP contribution is -2.20. The summed E-state index contributed by atoms with van der Waals surface area (Å²) in [5.41, 5.74) is 6.12. The summed E-state index contributed by atoms with van der Waals surface area (Å²) in [5, 5.41) is 0.984. The largest absolute Gasteiger partial charge is 0.484 e. The van der Waals surface area contributed by atoms with Crippen molar-refractivity contribution in [2.75, 3.05) is 6.61 Å². The van der Waals surface area contributed by atoms with E-state index in [1.54, 1.807) is 48.5 Å². The molecule has 0 fully saturated rings. The number of nitrogens with two attached hydrogens (primary N) is 1. The Bertz CT molecular complexity index is 772.